The zero-order valence-corrected chi connectivity index (χ0v) is 9.48. The molecule has 0 aliphatic carbocycles. The first-order valence-electron chi connectivity index (χ1n) is 4.80. The second-order valence-corrected chi connectivity index (χ2v) is 3.65. The van der Waals surface area contributed by atoms with Gasteiger partial charge in [0.2, 0.25) is 0 Å². The molecular formula is C11H9ClN4O. The molecule has 2 aromatic rings. The van der Waals surface area contributed by atoms with Gasteiger partial charge in [-0.2, -0.15) is 0 Å². The van der Waals surface area contributed by atoms with E-state index in [4.69, 9.17) is 17.3 Å². The minimum Gasteiger partial charge on any atom is -0.364 e. The maximum absolute atomic E-state index is 11.1. The molecule has 0 aliphatic rings. The number of pyridine rings is 2. The number of hydrogen-bond acceptors (Lipinski definition) is 4. The summed E-state index contributed by atoms with van der Waals surface area (Å²) in [5.41, 5.74) is 6.63. The maximum Gasteiger partial charge on any atom is 0.269 e. The third-order valence-electron chi connectivity index (χ3n) is 2.05. The van der Waals surface area contributed by atoms with Crippen LogP contribution in [0.15, 0.2) is 36.7 Å². The second-order valence-electron chi connectivity index (χ2n) is 3.26. The molecule has 0 saturated heterocycles. The Morgan fingerprint density at radius 1 is 1.29 bits per heavy atom. The number of carbonyl (C=O) groups is 1. The summed E-state index contributed by atoms with van der Waals surface area (Å²) in [7, 11) is 0. The van der Waals surface area contributed by atoms with Crippen molar-refractivity contribution in [2.75, 3.05) is 5.32 Å². The molecular weight excluding hydrogens is 240 g/mol. The molecule has 2 heterocycles. The number of aromatic nitrogens is 2. The summed E-state index contributed by atoms with van der Waals surface area (Å²) < 4.78 is 0. The van der Waals surface area contributed by atoms with Gasteiger partial charge in [-0.15, -0.1) is 0 Å². The highest BCUT2D eigenvalue weighted by Crippen LogP contribution is 2.19. The highest BCUT2D eigenvalue weighted by molar-refractivity contribution is 6.29. The first-order valence-corrected chi connectivity index (χ1v) is 5.18. The number of nitrogens with one attached hydrogen (secondary N) is 1. The number of primary amides is 1. The van der Waals surface area contributed by atoms with Gasteiger partial charge in [0.1, 0.15) is 5.15 Å². The van der Waals surface area contributed by atoms with Crippen molar-refractivity contribution in [3.8, 4) is 0 Å². The predicted octanol–water partition coefficient (Wildman–Crippen LogP) is 1.97. The smallest absolute Gasteiger partial charge is 0.269 e. The fourth-order valence-electron chi connectivity index (χ4n) is 1.31. The summed E-state index contributed by atoms with van der Waals surface area (Å²) in [5, 5.41) is 3.40. The number of rotatable bonds is 3. The van der Waals surface area contributed by atoms with Crippen molar-refractivity contribution in [1.29, 1.82) is 0 Å². The molecule has 0 aliphatic heterocycles. The molecule has 0 spiro atoms. The Kier molecular flexibility index (Phi) is 3.20. The van der Waals surface area contributed by atoms with E-state index < -0.39 is 5.91 Å². The molecule has 0 fully saturated rings. The lowest BCUT2D eigenvalue weighted by molar-refractivity contribution is 0.0996. The van der Waals surface area contributed by atoms with E-state index in [1.807, 2.05) is 0 Å². The molecule has 86 valence electrons. The summed E-state index contributed by atoms with van der Waals surface area (Å²) >= 11 is 5.67. The van der Waals surface area contributed by atoms with Gasteiger partial charge in [0, 0.05) is 6.20 Å². The molecule has 6 heteroatoms. The van der Waals surface area contributed by atoms with Crippen molar-refractivity contribution in [3.05, 3.63) is 47.5 Å². The van der Waals surface area contributed by atoms with E-state index in [9.17, 15) is 4.79 Å². The van der Waals surface area contributed by atoms with Crippen LogP contribution in [-0.2, 0) is 0 Å². The number of amides is 1. The fourth-order valence-corrected chi connectivity index (χ4v) is 1.42. The van der Waals surface area contributed by atoms with Gasteiger partial charge >= 0.3 is 0 Å². The van der Waals surface area contributed by atoms with Crippen LogP contribution in [0, 0.1) is 0 Å². The molecule has 0 atom stereocenters. The van der Waals surface area contributed by atoms with Crippen LogP contribution in [0.3, 0.4) is 0 Å². The normalized spacial score (nSPS) is 9.94. The Morgan fingerprint density at radius 3 is 2.76 bits per heavy atom. The highest BCUT2D eigenvalue weighted by Gasteiger charge is 2.08. The summed E-state index contributed by atoms with van der Waals surface area (Å²) in [6.07, 6.45) is 3.06. The van der Waals surface area contributed by atoms with Crippen molar-refractivity contribution in [1.82, 2.24) is 9.97 Å². The largest absolute Gasteiger partial charge is 0.364 e. The van der Waals surface area contributed by atoms with Gasteiger partial charge < -0.3 is 11.1 Å². The zero-order chi connectivity index (χ0) is 12.3. The van der Waals surface area contributed by atoms with Crippen molar-refractivity contribution in [2.24, 2.45) is 5.73 Å². The first kappa shape index (κ1) is 11.3. The molecule has 17 heavy (non-hydrogen) atoms. The van der Waals surface area contributed by atoms with Crippen LogP contribution in [0.5, 0.6) is 0 Å². The standard InChI is InChI=1S/C11H9ClN4O/c12-9-4-3-7(6-15-9)16-8-2-1-5-14-10(8)11(13)17/h1-6,16H,(H2,13,17). The van der Waals surface area contributed by atoms with E-state index in [0.717, 1.165) is 0 Å². The summed E-state index contributed by atoms with van der Waals surface area (Å²) in [5.74, 6) is -0.588. The van der Waals surface area contributed by atoms with Gasteiger partial charge in [-0.25, -0.2) is 9.97 Å². The van der Waals surface area contributed by atoms with E-state index in [1.165, 1.54) is 6.20 Å². The Hall–Kier alpha value is -2.14. The van der Waals surface area contributed by atoms with Gasteiger partial charge in [0.15, 0.2) is 5.69 Å². The predicted molar refractivity (Wildman–Crippen MR) is 65.3 cm³/mol. The van der Waals surface area contributed by atoms with Gasteiger partial charge in [-0.1, -0.05) is 11.6 Å². The number of halogens is 1. The van der Waals surface area contributed by atoms with E-state index in [2.05, 4.69) is 15.3 Å². The Bertz CT molecular complexity index is 541. The molecule has 3 N–H and O–H groups in total. The van der Waals surface area contributed by atoms with E-state index in [1.54, 1.807) is 30.5 Å². The van der Waals surface area contributed by atoms with Crippen LogP contribution in [0.1, 0.15) is 10.5 Å². The number of nitrogens with zero attached hydrogens (tertiary/aromatic N) is 2. The van der Waals surface area contributed by atoms with E-state index in [0.29, 0.717) is 16.5 Å². The molecule has 5 nitrogen and oxygen atoms in total. The Morgan fingerprint density at radius 2 is 2.12 bits per heavy atom. The molecule has 0 bridgehead atoms. The Labute approximate surface area is 103 Å². The highest BCUT2D eigenvalue weighted by atomic mass is 35.5. The Balaban J connectivity index is 2.30. The monoisotopic (exact) mass is 248 g/mol. The molecule has 2 rings (SSSR count). The van der Waals surface area contributed by atoms with Gasteiger partial charge in [0.25, 0.3) is 5.91 Å². The third-order valence-corrected chi connectivity index (χ3v) is 2.27. The quantitative estimate of drug-likeness (QED) is 0.814. The lowest BCUT2D eigenvalue weighted by Crippen LogP contribution is -2.15. The zero-order valence-electron chi connectivity index (χ0n) is 8.72. The lowest BCUT2D eigenvalue weighted by atomic mass is 10.2. The fraction of sp³-hybridized carbons (Fsp3) is 0. The second kappa shape index (κ2) is 4.80. The summed E-state index contributed by atoms with van der Waals surface area (Å²) in [4.78, 5) is 19.0. The van der Waals surface area contributed by atoms with Crippen molar-refractivity contribution in [3.63, 3.8) is 0 Å². The number of carbonyl (C=O) groups excluding carboxylic acids is 1. The van der Waals surface area contributed by atoms with E-state index in [-0.39, 0.29) is 5.69 Å². The van der Waals surface area contributed by atoms with Crippen LogP contribution < -0.4 is 11.1 Å². The average molecular weight is 249 g/mol. The number of hydrogen-bond donors (Lipinski definition) is 2. The molecule has 2 aromatic heterocycles. The molecule has 0 unspecified atom stereocenters. The SMILES string of the molecule is NC(=O)c1ncccc1Nc1ccc(Cl)nc1. The summed E-state index contributed by atoms with van der Waals surface area (Å²) in [6.45, 7) is 0. The minimum absolute atomic E-state index is 0.183. The number of anilines is 2. The van der Waals surface area contributed by atoms with Crippen molar-refractivity contribution in [2.45, 2.75) is 0 Å². The van der Waals surface area contributed by atoms with Gasteiger partial charge in [0.05, 0.1) is 17.6 Å². The molecule has 1 amide bonds. The third kappa shape index (κ3) is 2.70. The van der Waals surface area contributed by atoms with Crippen LogP contribution in [0.4, 0.5) is 11.4 Å². The molecule has 0 aromatic carbocycles. The van der Waals surface area contributed by atoms with Crippen LogP contribution in [0.2, 0.25) is 5.15 Å². The maximum atomic E-state index is 11.1. The van der Waals surface area contributed by atoms with Crippen LogP contribution in [0.25, 0.3) is 0 Å². The minimum atomic E-state index is -0.588. The lowest BCUT2D eigenvalue weighted by Gasteiger charge is -2.08. The van der Waals surface area contributed by atoms with Gasteiger partial charge in [-0.3, -0.25) is 4.79 Å². The van der Waals surface area contributed by atoms with Crippen molar-refractivity contribution < 1.29 is 4.79 Å². The topological polar surface area (TPSA) is 80.9 Å². The number of nitrogens with two attached hydrogens (primary N) is 1. The molecule has 0 saturated carbocycles. The summed E-state index contributed by atoms with van der Waals surface area (Å²) in [6, 6.07) is 6.80. The van der Waals surface area contributed by atoms with Gasteiger partial charge in [-0.05, 0) is 24.3 Å². The van der Waals surface area contributed by atoms with Crippen molar-refractivity contribution >= 4 is 28.9 Å². The van der Waals surface area contributed by atoms with E-state index >= 15 is 0 Å². The molecule has 0 radical (unpaired) electrons. The first-order chi connectivity index (χ1) is 8.16. The van der Waals surface area contributed by atoms with Crippen LogP contribution >= 0.6 is 11.6 Å². The average Bonchev–Trinajstić information content (AvgIpc) is 2.32. The van der Waals surface area contributed by atoms with Crippen LogP contribution in [-0.4, -0.2) is 15.9 Å².